The second kappa shape index (κ2) is 9.31. The highest BCUT2D eigenvalue weighted by Gasteiger charge is 2.42. The Morgan fingerprint density at radius 1 is 0.886 bits per heavy atom. The molecule has 2 aromatic carbocycles. The van der Waals surface area contributed by atoms with Crippen molar-refractivity contribution in [2.24, 2.45) is 0 Å². The van der Waals surface area contributed by atoms with Gasteiger partial charge in [0.15, 0.2) is 5.11 Å². The van der Waals surface area contributed by atoms with Gasteiger partial charge in [-0.1, -0.05) is 31.2 Å². The molecule has 1 saturated heterocycles. The smallest absolute Gasteiger partial charge is 0.174 e. The first-order valence-electron chi connectivity index (χ1n) is 12.2. The molecule has 4 nitrogen and oxygen atoms in total. The molecule has 5 heteroatoms. The Balaban J connectivity index is 1.66. The fourth-order valence-electron chi connectivity index (χ4n) is 5.19. The highest BCUT2D eigenvalue weighted by Crippen LogP contribution is 2.44. The Hall–Kier alpha value is -3.44. The summed E-state index contributed by atoms with van der Waals surface area (Å²) in [5.74, 6) is 0. The first kappa shape index (κ1) is 23.3. The second-order valence-electron chi connectivity index (χ2n) is 9.45. The number of pyridine rings is 1. The van der Waals surface area contributed by atoms with Crippen LogP contribution in [0.1, 0.15) is 58.3 Å². The number of aromatic nitrogens is 2. The predicted molar refractivity (Wildman–Crippen MR) is 148 cm³/mol. The molecule has 0 saturated carbocycles. The summed E-state index contributed by atoms with van der Waals surface area (Å²) in [5.41, 5.74) is 10.8. The van der Waals surface area contributed by atoms with Crippen molar-refractivity contribution in [1.82, 2.24) is 14.9 Å². The molecule has 0 amide bonds. The molecule has 1 aliphatic rings. The monoisotopic (exact) mass is 480 g/mol. The van der Waals surface area contributed by atoms with Gasteiger partial charge in [-0.3, -0.25) is 4.98 Å². The lowest BCUT2D eigenvalue weighted by Gasteiger charge is -2.28. The Kier molecular flexibility index (Phi) is 6.20. The summed E-state index contributed by atoms with van der Waals surface area (Å²) >= 11 is 5.94. The van der Waals surface area contributed by atoms with Crippen molar-refractivity contribution in [3.8, 4) is 5.69 Å². The third-order valence-corrected chi connectivity index (χ3v) is 7.57. The van der Waals surface area contributed by atoms with Crippen molar-refractivity contribution in [3.63, 3.8) is 0 Å². The Bertz CT molecular complexity index is 1370. The summed E-state index contributed by atoms with van der Waals surface area (Å²) in [5, 5.41) is 4.33. The molecule has 0 aliphatic carbocycles. The number of nitrogens with zero attached hydrogens (tertiary/aromatic N) is 3. The number of hydrogen-bond acceptors (Lipinski definition) is 2. The minimum Gasteiger partial charge on any atom is -0.351 e. The lowest BCUT2D eigenvalue weighted by Crippen LogP contribution is -2.29. The van der Waals surface area contributed by atoms with E-state index in [0.717, 1.165) is 22.9 Å². The van der Waals surface area contributed by atoms with Crippen LogP contribution in [0.2, 0.25) is 0 Å². The molecule has 3 heterocycles. The van der Waals surface area contributed by atoms with Crippen molar-refractivity contribution in [2.75, 3.05) is 4.90 Å². The van der Waals surface area contributed by atoms with Gasteiger partial charge in [-0.2, -0.15) is 0 Å². The Labute approximate surface area is 213 Å². The molecule has 2 aromatic heterocycles. The number of thiocarbonyl (C=S) groups is 1. The van der Waals surface area contributed by atoms with E-state index in [1.54, 1.807) is 0 Å². The quantitative estimate of drug-likeness (QED) is 0.317. The van der Waals surface area contributed by atoms with Crippen LogP contribution in [0.3, 0.4) is 0 Å². The lowest BCUT2D eigenvalue weighted by molar-refractivity contribution is 0.565. The zero-order valence-corrected chi connectivity index (χ0v) is 21.9. The molecule has 178 valence electrons. The Morgan fingerprint density at radius 3 is 2.29 bits per heavy atom. The van der Waals surface area contributed by atoms with Crippen molar-refractivity contribution in [2.45, 2.75) is 53.1 Å². The molecule has 1 fully saturated rings. The summed E-state index contributed by atoms with van der Waals surface area (Å²) in [4.78, 5) is 6.98. The Morgan fingerprint density at radius 2 is 1.63 bits per heavy atom. The topological polar surface area (TPSA) is 33.1 Å². The van der Waals surface area contributed by atoms with E-state index in [1.807, 2.05) is 18.3 Å². The molecule has 4 aromatic rings. The minimum absolute atomic E-state index is 0.0191. The van der Waals surface area contributed by atoms with Gasteiger partial charge in [0, 0.05) is 29.0 Å². The van der Waals surface area contributed by atoms with Crippen LogP contribution in [0, 0.1) is 27.7 Å². The van der Waals surface area contributed by atoms with Crippen LogP contribution < -0.4 is 10.2 Å². The summed E-state index contributed by atoms with van der Waals surface area (Å²) in [6, 6.07) is 23.8. The van der Waals surface area contributed by atoms with E-state index >= 15 is 0 Å². The molecule has 5 rings (SSSR count). The standard InChI is InChI=1S/C30H32N4S/c1-6-23-11-14-24(15-12-23)33-21(4)18-26(22(33)5)29-28(27-9-7-8-16-31-27)32-30(35)34(29)25-13-10-19(2)20(3)17-25/h7-18,28-29H,6H2,1-5H3,(H,32,35)/t28-,29-/m1/s1. The summed E-state index contributed by atoms with van der Waals surface area (Å²) in [7, 11) is 0. The number of rotatable bonds is 5. The summed E-state index contributed by atoms with van der Waals surface area (Å²) in [6.45, 7) is 10.9. The van der Waals surface area contributed by atoms with E-state index in [2.05, 4.69) is 104 Å². The highest BCUT2D eigenvalue weighted by molar-refractivity contribution is 7.80. The van der Waals surface area contributed by atoms with Crippen LogP contribution in [0.15, 0.2) is 72.9 Å². The van der Waals surface area contributed by atoms with Crippen molar-refractivity contribution in [1.29, 1.82) is 0 Å². The van der Waals surface area contributed by atoms with E-state index in [1.165, 1.54) is 39.3 Å². The summed E-state index contributed by atoms with van der Waals surface area (Å²) < 4.78 is 2.35. The van der Waals surface area contributed by atoms with Crippen LogP contribution in [0.4, 0.5) is 5.69 Å². The first-order chi connectivity index (χ1) is 16.9. The van der Waals surface area contributed by atoms with E-state index < -0.39 is 0 Å². The third kappa shape index (κ3) is 4.14. The largest absolute Gasteiger partial charge is 0.351 e. The van der Waals surface area contributed by atoms with Gasteiger partial charge in [-0.25, -0.2) is 0 Å². The molecule has 0 radical (unpaired) electrons. The van der Waals surface area contributed by atoms with E-state index in [4.69, 9.17) is 17.2 Å². The van der Waals surface area contributed by atoms with Gasteiger partial charge < -0.3 is 14.8 Å². The predicted octanol–water partition coefficient (Wildman–Crippen LogP) is 6.85. The first-order valence-corrected chi connectivity index (χ1v) is 12.7. The van der Waals surface area contributed by atoms with E-state index in [-0.39, 0.29) is 12.1 Å². The molecule has 35 heavy (non-hydrogen) atoms. The number of nitrogens with one attached hydrogen (secondary N) is 1. The normalized spacial score (nSPS) is 17.6. The molecule has 0 bridgehead atoms. The molecule has 2 atom stereocenters. The van der Waals surface area contributed by atoms with Crippen LogP contribution >= 0.6 is 12.2 Å². The molecule has 1 N–H and O–H groups in total. The van der Waals surface area contributed by atoms with Crippen LogP contribution in [-0.2, 0) is 6.42 Å². The molecular weight excluding hydrogens is 448 g/mol. The van der Waals surface area contributed by atoms with Gasteiger partial charge in [-0.15, -0.1) is 0 Å². The van der Waals surface area contributed by atoms with Crippen LogP contribution in [0.5, 0.6) is 0 Å². The molecule has 0 spiro atoms. The van der Waals surface area contributed by atoms with Gasteiger partial charge in [0.05, 0.1) is 17.8 Å². The van der Waals surface area contributed by atoms with Gasteiger partial charge in [0.2, 0.25) is 0 Å². The van der Waals surface area contributed by atoms with Gasteiger partial charge in [0.25, 0.3) is 0 Å². The number of hydrogen-bond donors (Lipinski definition) is 1. The zero-order valence-electron chi connectivity index (χ0n) is 21.0. The zero-order chi connectivity index (χ0) is 24.7. The molecular formula is C30H32N4S. The lowest BCUT2D eigenvalue weighted by atomic mass is 9.96. The number of anilines is 1. The van der Waals surface area contributed by atoms with Crippen LogP contribution in [-0.4, -0.2) is 14.7 Å². The maximum absolute atomic E-state index is 5.94. The maximum Gasteiger partial charge on any atom is 0.174 e. The van der Waals surface area contributed by atoms with Crippen molar-refractivity contribution >= 4 is 23.0 Å². The average Bonchev–Trinajstić information content (AvgIpc) is 3.36. The maximum atomic E-state index is 5.94. The fourth-order valence-corrected chi connectivity index (χ4v) is 5.54. The van der Waals surface area contributed by atoms with E-state index in [0.29, 0.717) is 0 Å². The SMILES string of the molecule is CCc1ccc(-n2c(C)cc([C@@H]3[C@@H](c4ccccn4)NC(=S)N3c3ccc(C)c(C)c3)c2C)cc1. The summed E-state index contributed by atoms with van der Waals surface area (Å²) in [6.07, 6.45) is 2.89. The van der Waals surface area contributed by atoms with E-state index in [9.17, 15) is 0 Å². The highest BCUT2D eigenvalue weighted by atomic mass is 32.1. The minimum atomic E-state index is -0.0540. The van der Waals surface area contributed by atoms with Crippen molar-refractivity contribution < 1.29 is 0 Å². The second-order valence-corrected chi connectivity index (χ2v) is 9.83. The third-order valence-electron chi connectivity index (χ3n) is 7.26. The van der Waals surface area contributed by atoms with Gasteiger partial charge in [0.1, 0.15) is 0 Å². The van der Waals surface area contributed by atoms with Crippen LogP contribution in [0.25, 0.3) is 5.69 Å². The average molecular weight is 481 g/mol. The molecule has 0 unspecified atom stereocenters. The van der Waals surface area contributed by atoms with Gasteiger partial charge >= 0.3 is 0 Å². The van der Waals surface area contributed by atoms with Crippen molar-refractivity contribution in [3.05, 3.63) is 112 Å². The number of benzene rings is 2. The fraction of sp³-hybridized carbons (Fsp3) is 0.267. The van der Waals surface area contributed by atoms with Gasteiger partial charge in [-0.05, 0) is 111 Å². The number of aryl methyl sites for hydroxylation is 4. The molecule has 1 aliphatic heterocycles.